The standard InChI is InChI=1S/C35H37Cl2F2N3O8S/c1-46-28-6-5-23(14-24(28)17-40-8-11-47-12-9-40)32(43)42-10-13-51-33(42)34(44)49-30(16-25-26(36)18-41(45)19-27(25)37)22-4-7-29(50-35(38)39)31(15-22)48-20-21-2-3-21/h4-7,14-15,18-19,21,30,33,35H,2-3,8-13,16-17,20H2,1H3. The number of hydrogen-bond donors (Lipinski definition) is 0. The predicted octanol–water partition coefficient (Wildman–Crippen LogP) is 5.90. The third kappa shape index (κ3) is 9.46. The van der Waals surface area contributed by atoms with Crippen molar-refractivity contribution in [2.24, 2.45) is 5.92 Å². The Bertz CT molecular complexity index is 1710. The summed E-state index contributed by atoms with van der Waals surface area (Å²) in [4.78, 5) is 31.6. The molecule has 1 aliphatic carbocycles. The minimum absolute atomic E-state index is 0.0424. The van der Waals surface area contributed by atoms with Crippen LogP contribution in [0.3, 0.4) is 0 Å². The number of amides is 1. The van der Waals surface area contributed by atoms with Crippen molar-refractivity contribution in [1.82, 2.24) is 9.80 Å². The Hall–Kier alpha value is -3.56. The highest BCUT2D eigenvalue weighted by Crippen LogP contribution is 2.39. The van der Waals surface area contributed by atoms with E-state index in [-0.39, 0.29) is 33.9 Å². The van der Waals surface area contributed by atoms with Crippen LogP contribution in [0.15, 0.2) is 48.8 Å². The van der Waals surface area contributed by atoms with Crippen molar-refractivity contribution < 1.29 is 46.8 Å². The fourth-order valence-corrected chi connectivity index (χ4v) is 7.63. The van der Waals surface area contributed by atoms with E-state index in [1.807, 2.05) is 0 Å². The molecule has 0 spiro atoms. The minimum atomic E-state index is -3.09. The van der Waals surface area contributed by atoms with Gasteiger partial charge in [-0.3, -0.25) is 9.69 Å². The number of carbonyl (C=O) groups excluding carboxylic acids is 2. The van der Waals surface area contributed by atoms with Crippen LogP contribution < -0.4 is 18.9 Å². The van der Waals surface area contributed by atoms with Crippen molar-refractivity contribution in [1.29, 1.82) is 0 Å². The molecular weight excluding hydrogens is 731 g/mol. The van der Waals surface area contributed by atoms with Gasteiger partial charge in [-0.15, -0.1) is 11.8 Å². The molecule has 0 bridgehead atoms. The average molecular weight is 769 g/mol. The summed E-state index contributed by atoms with van der Waals surface area (Å²) < 4.78 is 54.7. The highest BCUT2D eigenvalue weighted by atomic mass is 35.5. The van der Waals surface area contributed by atoms with Crippen molar-refractivity contribution in [3.05, 3.63) is 86.3 Å². The fraction of sp³-hybridized carbons (Fsp3) is 0.457. The summed E-state index contributed by atoms with van der Waals surface area (Å²) in [5, 5.41) is 11.1. The van der Waals surface area contributed by atoms with E-state index in [1.54, 1.807) is 25.3 Å². The van der Waals surface area contributed by atoms with Crippen LogP contribution in [-0.2, 0) is 27.2 Å². The summed E-state index contributed by atoms with van der Waals surface area (Å²) in [6, 6.07) is 9.50. The van der Waals surface area contributed by atoms with Crippen molar-refractivity contribution in [2.75, 3.05) is 52.3 Å². The Kier molecular flexibility index (Phi) is 12.3. The van der Waals surface area contributed by atoms with E-state index in [0.29, 0.717) is 71.8 Å². The number of morpholine rings is 1. The van der Waals surface area contributed by atoms with Crippen molar-refractivity contribution in [2.45, 2.75) is 43.9 Å². The number of ether oxygens (including phenoxy) is 5. The first-order valence-electron chi connectivity index (χ1n) is 16.5. The maximum absolute atomic E-state index is 14.0. The molecule has 51 heavy (non-hydrogen) atoms. The van der Waals surface area contributed by atoms with Gasteiger partial charge >= 0.3 is 12.6 Å². The van der Waals surface area contributed by atoms with Crippen molar-refractivity contribution in [3.8, 4) is 17.2 Å². The first-order valence-corrected chi connectivity index (χ1v) is 18.3. The smallest absolute Gasteiger partial charge is 0.387 e. The summed E-state index contributed by atoms with van der Waals surface area (Å²) in [7, 11) is 1.58. The summed E-state index contributed by atoms with van der Waals surface area (Å²) >= 11 is 14.1. The van der Waals surface area contributed by atoms with Gasteiger partial charge in [0.15, 0.2) is 29.3 Å². The lowest BCUT2D eigenvalue weighted by Gasteiger charge is -2.28. The number of aromatic nitrogens is 1. The molecule has 2 unspecified atom stereocenters. The third-order valence-corrected chi connectivity index (χ3v) is 10.6. The van der Waals surface area contributed by atoms with Gasteiger partial charge in [0.1, 0.15) is 21.9 Å². The molecule has 2 saturated heterocycles. The second-order valence-electron chi connectivity index (χ2n) is 12.4. The topological polar surface area (TPSA) is 114 Å². The number of pyridine rings is 1. The van der Waals surface area contributed by atoms with E-state index >= 15 is 0 Å². The van der Waals surface area contributed by atoms with Crippen LogP contribution in [-0.4, -0.2) is 86.0 Å². The van der Waals surface area contributed by atoms with Crippen molar-refractivity contribution >= 4 is 46.8 Å². The van der Waals surface area contributed by atoms with Gasteiger partial charge in [-0.05, 0) is 54.7 Å². The molecule has 274 valence electrons. The molecule has 3 heterocycles. The van der Waals surface area contributed by atoms with Crippen LogP contribution >= 0.6 is 35.0 Å². The summed E-state index contributed by atoms with van der Waals surface area (Å²) in [6.45, 7) is 0.857. The lowest BCUT2D eigenvalue weighted by atomic mass is 10.0. The zero-order chi connectivity index (χ0) is 36.1. The van der Waals surface area contributed by atoms with E-state index in [4.69, 9.17) is 46.9 Å². The van der Waals surface area contributed by atoms with Gasteiger partial charge in [-0.1, -0.05) is 29.3 Å². The molecule has 11 nitrogen and oxygen atoms in total. The minimum Gasteiger partial charge on any atom is -0.619 e. The lowest BCUT2D eigenvalue weighted by Crippen LogP contribution is -2.41. The summed E-state index contributed by atoms with van der Waals surface area (Å²) in [6.07, 6.45) is 3.04. The van der Waals surface area contributed by atoms with Gasteiger partial charge in [0.05, 0.1) is 26.9 Å². The molecular formula is C35H37Cl2F2N3O8S. The highest BCUT2D eigenvalue weighted by molar-refractivity contribution is 8.00. The van der Waals surface area contributed by atoms with E-state index in [1.165, 1.54) is 34.9 Å². The molecule has 2 aromatic carbocycles. The summed E-state index contributed by atoms with van der Waals surface area (Å²) in [5.74, 6) is 0.300. The van der Waals surface area contributed by atoms with Crippen LogP contribution in [0.25, 0.3) is 0 Å². The van der Waals surface area contributed by atoms with Crippen LogP contribution in [0.1, 0.15) is 46.0 Å². The Morgan fingerprint density at radius 2 is 1.76 bits per heavy atom. The quantitative estimate of drug-likeness (QED) is 0.112. The molecule has 3 fully saturated rings. The Morgan fingerprint density at radius 3 is 2.45 bits per heavy atom. The van der Waals surface area contributed by atoms with Crippen LogP contribution in [0, 0.1) is 11.1 Å². The molecule has 3 aromatic rings. The lowest BCUT2D eigenvalue weighted by molar-refractivity contribution is -0.605. The number of nitrogens with zero attached hydrogens (tertiary/aromatic N) is 3. The largest absolute Gasteiger partial charge is 0.619 e. The van der Waals surface area contributed by atoms with Gasteiger partial charge in [-0.2, -0.15) is 13.5 Å². The van der Waals surface area contributed by atoms with E-state index in [9.17, 15) is 23.6 Å². The van der Waals surface area contributed by atoms with Gasteiger partial charge in [0.2, 0.25) is 0 Å². The maximum Gasteiger partial charge on any atom is 0.387 e. The number of esters is 1. The Balaban J connectivity index is 1.26. The maximum atomic E-state index is 14.0. The molecule has 0 radical (unpaired) electrons. The molecule has 1 saturated carbocycles. The predicted molar refractivity (Wildman–Crippen MR) is 186 cm³/mol. The second-order valence-corrected chi connectivity index (χ2v) is 14.4. The molecule has 0 N–H and O–H groups in total. The highest BCUT2D eigenvalue weighted by Gasteiger charge is 2.38. The molecule has 2 atom stereocenters. The summed E-state index contributed by atoms with van der Waals surface area (Å²) in [5.41, 5.74) is 1.95. The zero-order valence-corrected chi connectivity index (χ0v) is 30.1. The molecule has 1 aromatic heterocycles. The number of rotatable bonds is 14. The molecule has 2 aliphatic heterocycles. The molecule has 6 rings (SSSR count). The number of hydrogen-bond acceptors (Lipinski definition) is 10. The first-order chi connectivity index (χ1) is 24.6. The number of halogens is 4. The Morgan fingerprint density at radius 1 is 1.04 bits per heavy atom. The molecule has 1 amide bonds. The van der Waals surface area contributed by atoms with E-state index < -0.39 is 24.1 Å². The molecule has 3 aliphatic rings. The fourth-order valence-electron chi connectivity index (χ4n) is 5.93. The number of benzene rings is 2. The number of carbonyl (C=O) groups is 2. The molecule has 16 heteroatoms. The van der Waals surface area contributed by atoms with Crippen LogP contribution in [0.5, 0.6) is 17.2 Å². The number of methoxy groups -OCH3 is 1. The van der Waals surface area contributed by atoms with Gasteiger partial charge in [-0.25, -0.2) is 4.79 Å². The second kappa shape index (κ2) is 16.8. The van der Waals surface area contributed by atoms with Gasteiger partial charge in [0.25, 0.3) is 5.91 Å². The van der Waals surface area contributed by atoms with Crippen molar-refractivity contribution in [3.63, 3.8) is 0 Å². The average Bonchev–Trinajstić information content (AvgIpc) is 3.81. The van der Waals surface area contributed by atoms with Crippen LogP contribution in [0.2, 0.25) is 10.0 Å². The number of alkyl halides is 2. The SMILES string of the molecule is COc1ccc(C(=O)N2CCSC2C(=O)OC(Cc2c(Cl)c[n+]([O-])cc2Cl)c2ccc(OC(F)F)c(OCC3CC3)c2)cc1CN1CCOCC1. The number of thioether (sulfide) groups is 1. The van der Waals surface area contributed by atoms with Gasteiger partial charge < -0.3 is 33.8 Å². The van der Waals surface area contributed by atoms with Gasteiger partial charge in [0, 0.05) is 55.0 Å². The zero-order valence-electron chi connectivity index (χ0n) is 27.7. The van der Waals surface area contributed by atoms with E-state index in [2.05, 4.69) is 4.90 Å². The van der Waals surface area contributed by atoms with Crippen LogP contribution in [0.4, 0.5) is 8.78 Å². The monoisotopic (exact) mass is 767 g/mol. The normalized spacial score (nSPS) is 18.5. The first kappa shape index (κ1) is 37.2. The van der Waals surface area contributed by atoms with E-state index in [0.717, 1.165) is 43.9 Å². The third-order valence-electron chi connectivity index (χ3n) is 8.81. The Labute approximate surface area is 308 Å².